The van der Waals surface area contributed by atoms with Crippen molar-refractivity contribution in [1.29, 1.82) is 0 Å². The van der Waals surface area contributed by atoms with E-state index in [9.17, 15) is 9.36 Å². The first-order chi connectivity index (χ1) is 20.0. The quantitative estimate of drug-likeness (QED) is 0.179. The minimum Gasteiger partial charge on any atom is -0.476 e. The molecule has 15 heteroatoms. The van der Waals surface area contributed by atoms with E-state index in [1.54, 1.807) is 49.0 Å². The van der Waals surface area contributed by atoms with Crippen LogP contribution in [0.1, 0.15) is 53.7 Å². The van der Waals surface area contributed by atoms with Crippen molar-refractivity contribution in [3.63, 3.8) is 0 Å². The molecule has 0 spiro atoms. The van der Waals surface area contributed by atoms with Crippen LogP contribution in [0.2, 0.25) is 5.02 Å². The van der Waals surface area contributed by atoms with E-state index in [0.29, 0.717) is 47.3 Å². The molecule has 3 heterocycles. The number of nitrogens with two attached hydrogens (primary N) is 1. The summed E-state index contributed by atoms with van der Waals surface area (Å²) < 4.78 is 44.9. The molecule has 3 N–H and O–H groups in total. The number of halogens is 1. The highest BCUT2D eigenvalue weighted by atomic mass is 35.5. The third kappa shape index (κ3) is 7.90. The van der Waals surface area contributed by atoms with Gasteiger partial charge in [-0.15, -0.1) is 0 Å². The van der Waals surface area contributed by atoms with E-state index >= 15 is 0 Å². The Morgan fingerprint density at radius 2 is 2.00 bits per heavy atom. The van der Waals surface area contributed by atoms with Gasteiger partial charge in [0.1, 0.15) is 18.6 Å². The van der Waals surface area contributed by atoms with E-state index in [0.717, 1.165) is 0 Å². The number of nitrogens with one attached hydrogen (secondary N) is 1. The molecule has 1 aromatic carbocycles. The van der Waals surface area contributed by atoms with Gasteiger partial charge in [0.2, 0.25) is 11.8 Å². The van der Waals surface area contributed by atoms with Crippen LogP contribution >= 0.6 is 19.3 Å². The van der Waals surface area contributed by atoms with E-state index < -0.39 is 26.1 Å². The number of nitrogens with zero attached hydrogens (tertiary/aromatic N) is 4. The predicted octanol–water partition coefficient (Wildman–Crippen LogP) is 5.16. The SMILES string of the molecule is CCOc1nc(N)nc2c1ncn2[C@@H]1O[C@H](COP(=O)(N[C@@H](CC)COC(=O)C(C)C)Oc2ccc(Cl)cc2)C[C@@H]1C. The van der Waals surface area contributed by atoms with Crippen LogP contribution in [0, 0.1) is 11.8 Å². The summed E-state index contributed by atoms with van der Waals surface area (Å²) in [6.45, 7) is 9.62. The second-order valence-corrected chi connectivity index (χ2v) is 12.5. The number of hydrogen-bond donors (Lipinski definition) is 2. The second-order valence-electron chi connectivity index (χ2n) is 10.4. The molecule has 0 saturated carbocycles. The smallest absolute Gasteiger partial charge is 0.459 e. The Bertz CT molecular complexity index is 1410. The predicted molar refractivity (Wildman–Crippen MR) is 157 cm³/mol. The number of nitrogen functional groups attached to an aromatic ring is 1. The van der Waals surface area contributed by atoms with E-state index in [4.69, 9.17) is 40.6 Å². The third-order valence-electron chi connectivity index (χ3n) is 6.62. The highest BCUT2D eigenvalue weighted by Gasteiger charge is 2.38. The third-order valence-corrected chi connectivity index (χ3v) is 8.49. The lowest BCUT2D eigenvalue weighted by atomic mass is 10.1. The standard InChI is InChI=1S/C27H38ClN6O7P/c1-6-19(13-38-26(35)16(3)4)33-42(36,41-20-10-8-18(28)9-11-20)39-14-21-12-17(5)25(40-21)34-15-30-22-23(34)31-27(29)32-24(22)37-7-2/h8-11,15-17,19,21,25H,6-7,12-14H2,1-5H3,(H,33,36)(H2,29,31,32)/t17-,19-,21-,25+,42?/m0/s1. The van der Waals surface area contributed by atoms with Crippen LogP contribution in [0.4, 0.5) is 5.95 Å². The summed E-state index contributed by atoms with van der Waals surface area (Å²) >= 11 is 6.01. The summed E-state index contributed by atoms with van der Waals surface area (Å²) in [7, 11) is -3.96. The summed E-state index contributed by atoms with van der Waals surface area (Å²) in [6.07, 6.45) is 1.87. The number of rotatable bonds is 14. The number of fused-ring (bicyclic) bond motifs is 1. The number of ether oxygens (including phenoxy) is 3. The zero-order chi connectivity index (χ0) is 30.4. The lowest BCUT2D eigenvalue weighted by Gasteiger charge is -2.26. The van der Waals surface area contributed by atoms with Crippen molar-refractivity contribution in [2.45, 2.75) is 65.8 Å². The molecular formula is C27H38ClN6O7P. The Balaban J connectivity index is 1.48. The van der Waals surface area contributed by atoms with Crippen molar-refractivity contribution in [2.24, 2.45) is 11.8 Å². The molecule has 42 heavy (non-hydrogen) atoms. The van der Waals surface area contributed by atoms with E-state index in [1.165, 1.54) is 0 Å². The van der Waals surface area contributed by atoms with E-state index in [-0.39, 0.29) is 37.0 Å². The molecule has 3 aromatic rings. The molecule has 1 fully saturated rings. The number of esters is 1. The van der Waals surface area contributed by atoms with Crippen molar-refractivity contribution in [3.8, 4) is 11.6 Å². The summed E-state index contributed by atoms with van der Waals surface area (Å²) in [5.41, 5.74) is 6.90. The van der Waals surface area contributed by atoms with Gasteiger partial charge in [-0.05, 0) is 44.0 Å². The number of carbonyl (C=O) groups is 1. The fourth-order valence-corrected chi connectivity index (χ4v) is 6.19. The monoisotopic (exact) mass is 624 g/mol. The number of aromatic nitrogens is 4. The molecule has 4 rings (SSSR count). The van der Waals surface area contributed by atoms with Crippen LogP contribution in [0.15, 0.2) is 30.6 Å². The fourth-order valence-electron chi connectivity index (χ4n) is 4.42. The van der Waals surface area contributed by atoms with Gasteiger partial charge >= 0.3 is 13.7 Å². The zero-order valence-electron chi connectivity index (χ0n) is 24.4. The topological polar surface area (TPSA) is 162 Å². The number of hydrogen-bond acceptors (Lipinski definition) is 11. The molecule has 2 aromatic heterocycles. The van der Waals surface area contributed by atoms with E-state index in [1.807, 2.05) is 20.8 Å². The molecule has 0 bridgehead atoms. The van der Waals surface area contributed by atoms with Gasteiger partial charge in [0.05, 0.1) is 37.6 Å². The highest BCUT2D eigenvalue weighted by Crippen LogP contribution is 2.47. The molecule has 1 unspecified atom stereocenters. The molecule has 1 saturated heterocycles. The van der Waals surface area contributed by atoms with Gasteiger partial charge in [-0.2, -0.15) is 9.97 Å². The number of imidazole rings is 1. The zero-order valence-corrected chi connectivity index (χ0v) is 26.0. The summed E-state index contributed by atoms with van der Waals surface area (Å²) in [4.78, 5) is 25.0. The van der Waals surface area contributed by atoms with Crippen LogP contribution in [0.25, 0.3) is 11.2 Å². The molecule has 0 radical (unpaired) electrons. The first-order valence-corrected chi connectivity index (χ1v) is 15.9. The van der Waals surface area contributed by atoms with Gasteiger partial charge in [0.25, 0.3) is 0 Å². The summed E-state index contributed by atoms with van der Waals surface area (Å²) in [5.74, 6) is 0.0681. The Labute approximate surface area is 250 Å². The summed E-state index contributed by atoms with van der Waals surface area (Å²) in [6, 6.07) is 5.95. The molecule has 1 aliphatic heterocycles. The Kier molecular flexibility index (Phi) is 10.7. The van der Waals surface area contributed by atoms with Crippen molar-refractivity contribution < 1.29 is 32.6 Å². The van der Waals surface area contributed by atoms with E-state index in [2.05, 4.69) is 20.0 Å². The maximum Gasteiger partial charge on any atom is 0.459 e. The molecule has 230 valence electrons. The second kappa shape index (κ2) is 14.0. The van der Waals surface area contributed by atoms with Gasteiger partial charge in [-0.1, -0.05) is 39.3 Å². The van der Waals surface area contributed by atoms with Crippen molar-refractivity contribution in [2.75, 3.05) is 25.6 Å². The number of anilines is 1. The van der Waals surface area contributed by atoms with Crippen LogP contribution in [-0.4, -0.2) is 57.5 Å². The average Bonchev–Trinajstić information content (AvgIpc) is 3.53. The number of carbonyl (C=O) groups excluding carboxylic acids is 1. The Morgan fingerprint density at radius 3 is 2.67 bits per heavy atom. The molecule has 0 amide bonds. The van der Waals surface area contributed by atoms with Gasteiger partial charge < -0.3 is 24.5 Å². The van der Waals surface area contributed by atoms with Crippen LogP contribution < -0.4 is 20.1 Å². The first kappa shape index (κ1) is 32.0. The van der Waals surface area contributed by atoms with Gasteiger partial charge in [0, 0.05) is 10.9 Å². The summed E-state index contributed by atoms with van der Waals surface area (Å²) in [5, 5.41) is 3.45. The van der Waals surface area contributed by atoms with Gasteiger partial charge in [-0.25, -0.2) is 14.6 Å². The minimum absolute atomic E-state index is 0.00625. The Morgan fingerprint density at radius 1 is 1.26 bits per heavy atom. The number of benzene rings is 1. The van der Waals surface area contributed by atoms with Crippen LogP contribution in [0.5, 0.6) is 11.6 Å². The van der Waals surface area contributed by atoms with Crippen molar-refractivity contribution >= 4 is 42.4 Å². The van der Waals surface area contributed by atoms with Crippen molar-refractivity contribution in [3.05, 3.63) is 35.6 Å². The van der Waals surface area contributed by atoms with Crippen LogP contribution in [0.3, 0.4) is 0 Å². The largest absolute Gasteiger partial charge is 0.476 e. The average molecular weight is 625 g/mol. The lowest BCUT2D eigenvalue weighted by molar-refractivity contribution is -0.148. The molecular weight excluding hydrogens is 587 g/mol. The fraction of sp³-hybridized carbons (Fsp3) is 0.556. The minimum atomic E-state index is -3.96. The van der Waals surface area contributed by atoms with Gasteiger partial charge in [-0.3, -0.25) is 13.9 Å². The van der Waals surface area contributed by atoms with Crippen LogP contribution in [-0.2, 0) is 23.4 Å². The van der Waals surface area contributed by atoms with Crippen molar-refractivity contribution in [1.82, 2.24) is 24.6 Å². The van der Waals surface area contributed by atoms with Gasteiger partial charge in [0.15, 0.2) is 11.2 Å². The molecule has 13 nitrogen and oxygen atoms in total. The normalized spacial score (nSPS) is 20.9. The first-order valence-electron chi connectivity index (χ1n) is 13.9. The molecule has 0 aliphatic carbocycles. The Hall–Kier alpha value is -2.96. The highest BCUT2D eigenvalue weighted by molar-refractivity contribution is 7.52. The maximum absolute atomic E-state index is 14.0. The molecule has 1 aliphatic rings. The maximum atomic E-state index is 14.0. The lowest BCUT2D eigenvalue weighted by Crippen LogP contribution is -2.35. The molecule has 5 atom stereocenters.